The van der Waals surface area contributed by atoms with Crippen molar-refractivity contribution >= 4 is 16.9 Å². The zero-order valence-electron chi connectivity index (χ0n) is 10.6. The van der Waals surface area contributed by atoms with Crippen LogP contribution in [0.15, 0.2) is 36.5 Å². The van der Waals surface area contributed by atoms with Crippen LogP contribution in [0, 0.1) is 6.92 Å². The molecule has 0 radical (unpaired) electrons. The number of nitrogen functional groups attached to an aromatic ring is 1. The Hall–Kier alpha value is -2.56. The number of pyridine rings is 1. The van der Waals surface area contributed by atoms with Crippen molar-refractivity contribution < 1.29 is 4.74 Å². The smallest absolute Gasteiger partial charge is 0.178 e. The second-order valence-corrected chi connectivity index (χ2v) is 4.34. The van der Waals surface area contributed by atoms with Crippen LogP contribution in [-0.2, 0) is 6.61 Å². The molecular formula is C14H14N4O. The second kappa shape index (κ2) is 4.61. The number of fused-ring (bicyclic) bond motifs is 1. The normalized spacial score (nSPS) is 10.8. The number of benzene rings is 1. The summed E-state index contributed by atoms with van der Waals surface area (Å²) < 4.78 is 5.65. The number of rotatable bonds is 3. The number of H-pyrrole nitrogens is 1. The van der Waals surface area contributed by atoms with Gasteiger partial charge < -0.3 is 15.5 Å². The van der Waals surface area contributed by atoms with Crippen LogP contribution in [0.25, 0.3) is 11.2 Å². The predicted molar refractivity (Wildman–Crippen MR) is 73.8 cm³/mol. The quantitative estimate of drug-likeness (QED) is 0.704. The highest BCUT2D eigenvalue weighted by molar-refractivity contribution is 5.74. The van der Waals surface area contributed by atoms with Gasteiger partial charge in [-0.25, -0.2) is 9.97 Å². The summed E-state index contributed by atoms with van der Waals surface area (Å²) >= 11 is 0. The maximum atomic E-state index is 5.82. The number of nitrogens with one attached hydrogen (secondary N) is 1. The Morgan fingerprint density at radius 3 is 2.89 bits per heavy atom. The van der Waals surface area contributed by atoms with Crippen LogP contribution in [0.2, 0.25) is 0 Å². The molecule has 3 rings (SSSR count). The maximum Gasteiger partial charge on any atom is 0.178 e. The molecule has 5 nitrogen and oxygen atoms in total. The van der Waals surface area contributed by atoms with Gasteiger partial charge in [-0.15, -0.1) is 0 Å². The summed E-state index contributed by atoms with van der Waals surface area (Å²) in [5.41, 5.74) is 9.20. The van der Waals surface area contributed by atoms with E-state index in [-0.39, 0.29) is 0 Å². The standard InChI is InChI=1S/C14H14N4O/c1-9-6-7-16-14-13(9)17-12(18-14)8-19-11-5-3-2-4-10(11)15/h2-7H,8,15H2,1H3,(H,16,17,18). The van der Waals surface area contributed by atoms with Crippen molar-refractivity contribution in [1.82, 2.24) is 15.0 Å². The van der Waals surface area contributed by atoms with Crippen LogP contribution in [-0.4, -0.2) is 15.0 Å². The zero-order chi connectivity index (χ0) is 13.2. The van der Waals surface area contributed by atoms with E-state index in [1.54, 1.807) is 12.3 Å². The fraction of sp³-hybridized carbons (Fsp3) is 0.143. The first kappa shape index (κ1) is 11.5. The lowest BCUT2D eigenvalue weighted by Gasteiger charge is -2.06. The van der Waals surface area contributed by atoms with Gasteiger partial charge in [0.25, 0.3) is 0 Å². The highest BCUT2D eigenvalue weighted by Crippen LogP contribution is 2.21. The molecule has 3 aromatic rings. The number of para-hydroxylation sites is 2. The second-order valence-electron chi connectivity index (χ2n) is 4.34. The van der Waals surface area contributed by atoms with E-state index in [4.69, 9.17) is 10.5 Å². The molecule has 0 bridgehead atoms. The van der Waals surface area contributed by atoms with Crippen molar-refractivity contribution in [1.29, 1.82) is 0 Å². The summed E-state index contributed by atoms with van der Waals surface area (Å²) in [5.74, 6) is 1.40. The highest BCUT2D eigenvalue weighted by Gasteiger charge is 2.07. The van der Waals surface area contributed by atoms with Gasteiger partial charge >= 0.3 is 0 Å². The first-order valence-electron chi connectivity index (χ1n) is 6.01. The number of nitrogens with two attached hydrogens (primary N) is 1. The number of aromatic amines is 1. The van der Waals surface area contributed by atoms with Crippen LogP contribution in [0.3, 0.4) is 0 Å². The van der Waals surface area contributed by atoms with E-state index in [2.05, 4.69) is 15.0 Å². The van der Waals surface area contributed by atoms with Gasteiger partial charge in [0.2, 0.25) is 0 Å². The van der Waals surface area contributed by atoms with Crippen molar-refractivity contribution in [3.63, 3.8) is 0 Å². The number of ether oxygens (including phenoxy) is 1. The molecule has 1 aromatic carbocycles. The molecule has 0 aliphatic carbocycles. The summed E-state index contributed by atoms with van der Waals surface area (Å²) in [4.78, 5) is 11.8. The lowest BCUT2D eigenvalue weighted by molar-refractivity contribution is 0.299. The minimum atomic E-state index is 0.337. The van der Waals surface area contributed by atoms with Gasteiger partial charge in [-0.1, -0.05) is 12.1 Å². The van der Waals surface area contributed by atoms with Crippen LogP contribution in [0.1, 0.15) is 11.4 Å². The molecule has 96 valence electrons. The third-order valence-corrected chi connectivity index (χ3v) is 2.93. The largest absolute Gasteiger partial charge is 0.484 e. The Morgan fingerprint density at radius 1 is 1.26 bits per heavy atom. The minimum absolute atomic E-state index is 0.337. The van der Waals surface area contributed by atoms with Gasteiger partial charge in [0.15, 0.2) is 5.65 Å². The van der Waals surface area contributed by atoms with Gasteiger partial charge in [0, 0.05) is 6.20 Å². The molecule has 0 amide bonds. The third-order valence-electron chi connectivity index (χ3n) is 2.93. The third kappa shape index (κ3) is 2.22. The van der Waals surface area contributed by atoms with Gasteiger partial charge in [-0.3, -0.25) is 0 Å². The van der Waals surface area contributed by atoms with Crippen LogP contribution in [0.4, 0.5) is 5.69 Å². The van der Waals surface area contributed by atoms with Gasteiger partial charge in [-0.2, -0.15) is 0 Å². The molecule has 0 spiro atoms. The van der Waals surface area contributed by atoms with Crippen LogP contribution in [0.5, 0.6) is 5.75 Å². The Morgan fingerprint density at radius 2 is 2.11 bits per heavy atom. The van der Waals surface area contributed by atoms with Crippen LogP contribution >= 0.6 is 0 Å². The number of aryl methyl sites for hydroxylation is 1. The Balaban J connectivity index is 1.83. The first-order chi connectivity index (χ1) is 9.24. The number of hydrogen-bond donors (Lipinski definition) is 2. The van der Waals surface area contributed by atoms with Crippen molar-refractivity contribution in [2.75, 3.05) is 5.73 Å². The van der Waals surface area contributed by atoms with Gasteiger partial charge in [0.1, 0.15) is 18.2 Å². The average molecular weight is 254 g/mol. The summed E-state index contributed by atoms with van der Waals surface area (Å²) in [7, 11) is 0. The summed E-state index contributed by atoms with van der Waals surface area (Å²) in [5, 5.41) is 0. The predicted octanol–water partition coefficient (Wildman–Crippen LogP) is 2.43. The number of imidazole rings is 1. The van der Waals surface area contributed by atoms with E-state index in [0.717, 1.165) is 16.9 Å². The molecule has 0 aliphatic rings. The lowest BCUT2D eigenvalue weighted by Crippen LogP contribution is -1.99. The first-order valence-corrected chi connectivity index (χ1v) is 6.01. The number of nitrogens with zero attached hydrogens (tertiary/aromatic N) is 2. The average Bonchev–Trinajstić information content (AvgIpc) is 2.82. The Kier molecular flexibility index (Phi) is 2.79. The van der Waals surface area contributed by atoms with Crippen LogP contribution < -0.4 is 10.5 Å². The SMILES string of the molecule is Cc1ccnc2nc(COc3ccccc3N)[nH]c12. The van der Waals surface area contributed by atoms with Crippen molar-refractivity contribution in [3.05, 3.63) is 47.9 Å². The van der Waals surface area contributed by atoms with E-state index in [0.29, 0.717) is 23.7 Å². The lowest BCUT2D eigenvalue weighted by atomic mass is 10.3. The summed E-state index contributed by atoms with van der Waals surface area (Å²) in [6.07, 6.45) is 1.75. The van der Waals surface area contributed by atoms with Gasteiger partial charge in [0.05, 0.1) is 11.2 Å². The Bertz CT molecular complexity index is 720. The zero-order valence-corrected chi connectivity index (χ0v) is 10.6. The van der Waals surface area contributed by atoms with Crippen molar-refractivity contribution in [2.24, 2.45) is 0 Å². The highest BCUT2D eigenvalue weighted by atomic mass is 16.5. The molecule has 0 unspecified atom stereocenters. The number of hydrogen-bond acceptors (Lipinski definition) is 4. The van der Waals surface area contributed by atoms with E-state index in [1.165, 1.54) is 0 Å². The van der Waals surface area contributed by atoms with Crippen molar-refractivity contribution in [3.8, 4) is 5.75 Å². The fourth-order valence-corrected chi connectivity index (χ4v) is 1.91. The molecule has 0 atom stereocenters. The van der Waals surface area contributed by atoms with Crippen molar-refractivity contribution in [2.45, 2.75) is 13.5 Å². The molecule has 0 fully saturated rings. The molecule has 0 saturated heterocycles. The van der Waals surface area contributed by atoms with E-state index in [9.17, 15) is 0 Å². The summed E-state index contributed by atoms with van der Waals surface area (Å²) in [6.45, 7) is 2.35. The molecule has 3 N–H and O–H groups in total. The maximum absolute atomic E-state index is 5.82. The molecular weight excluding hydrogens is 240 g/mol. The molecule has 2 aromatic heterocycles. The van der Waals surface area contributed by atoms with E-state index >= 15 is 0 Å². The Labute approximate surface area is 110 Å². The van der Waals surface area contributed by atoms with E-state index in [1.807, 2.05) is 31.2 Å². The van der Waals surface area contributed by atoms with E-state index < -0.39 is 0 Å². The molecule has 0 saturated carbocycles. The molecule has 19 heavy (non-hydrogen) atoms. The fourth-order valence-electron chi connectivity index (χ4n) is 1.91. The van der Waals surface area contributed by atoms with Gasteiger partial charge in [-0.05, 0) is 30.7 Å². The summed E-state index contributed by atoms with van der Waals surface area (Å²) in [6, 6.07) is 9.34. The number of aromatic nitrogens is 3. The molecule has 0 aliphatic heterocycles. The molecule has 2 heterocycles. The molecule has 5 heteroatoms. The minimum Gasteiger partial charge on any atom is -0.484 e. The monoisotopic (exact) mass is 254 g/mol. The topological polar surface area (TPSA) is 76.8 Å². The number of anilines is 1.